The average Bonchev–Trinajstić information content (AvgIpc) is 3.01. The minimum atomic E-state index is -0.318. The van der Waals surface area contributed by atoms with Crippen LogP contribution in [0.5, 0.6) is 0 Å². The van der Waals surface area contributed by atoms with Crippen molar-refractivity contribution in [3.63, 3.8) is 0 Å². The van der Waals surface area contributed by atoms with Crippen LogP contribution in [-0.4, -0.2) is 67.0 Å². The van der Waals surface area contributed by atoms with Crippen LogP contribution in [0, 0.1) is 5.92 Å². The zero-order valence-corrected chi connectivity index (χ0v) is 18.7. The molecule has 0 spiro atoms. The lowest BCUT2D eigenvalue weighted by molar-refractivity contribution is -0.124. The van der Waals surface area contributed by atoms with E-state index in [-0.39, 0.29) is 42.5 Å². The number of likely N-dealkylation sites (tertiary alicyclic amines) is 1. The van der Waals surface area contributed by atoms with Crippen molar-refractivity contribution in [2.45, 2.75) is 26.2 Å². The number of rotatable bonds is 6. The van der Waals surface area contributed by atoms with E-state index in [1.165, 1.54) is 10.5 Å². The van der Waals surface area contributed by atoms with Crippen LogP contribution in [0.15, 0.2) is 35.3 Å². The first-order valence-electron chi connectivity index (χ1n) is 9.82. The molecule has 0 unspecified atom stereocenters. The van der Waals surface area contributed by atoms with Gasteiger partial charge in [-0.1, -0.05) is 30.3 Å². The highest BCUT2D eigenvalue weighted by atomic mass is 127. The van der Waals surface area contributed by atoms with E-state index in [2.05, 4.69) is 57.8 Å². The molecule has 0 aliphatic carbocycles. The number of guanidine groups is 1. The molecule has 0 atom stereocenters. The van der Waals surface area contributed by atoms with Crippen LogP contribution >= 0.6 is 24.0 Å². The van der Waals surface area contributed by atoms with Crippen molar-refractivity contribution in [2.75, 3.05) is 39.3 Å². The normalized spacial score (nSPS) is 18.1. The van der Waals surface area contributed by atoms with Crippen molar-refractivity contribution in [3.05, 3.63) is 35.9 Å². The maximum absolute atomic E-state index is 11.6. The van der Waals surface area contributed by atoms with Gasteiger partial charge in [-0.25, -0.2) is 4.79 Å². The lowest BCUT2D eigenvalue weighted by Crippen LogP contribution is -2.46. The van der Waals surface area contributed by atoms with E-state index in [1.54, 1.807) is 0 Å². The third-order valence-corrected chi connectivity index (χ3v) is 5.14. The molecule has 0 radical (unpaired) electrons. The predicted molar refractivity (Wildman–Crippen MR) is 121 cm³/mol. The van der Waals surface area contributed by atoms with Crippen molar-refractivity contribution in [2.24, 2.45) is 10.9 Å². The molecule has 154 valence electrons. The number of halogens is 1. The molecular formula is C20H30IN5O2. The molecular weight excluding hydrogens is 469 g/mol. The Bertz CT molecular complexity index is 658. The van der Waals surface area contributed by atoms with Crippen LogP contribution in [0.4, 0.5) is 4.79 Å². The Morgan fingerprint density at radius 1 is 1.21 bits per heavy atom. The summed E-state index contributed by atoms with van der Waals surface area (Å²) in [5.41, 5.74) is 1.41. The van der Waals surface area contributed by atoms with E-state index in [4.69, 9.17) is 0 Å². The third kappa shape index (κ3) is 6.08. The van der Waals surface area contributed by atoms with Gasteiger partial charge in [-0.3, -0.25) is 14.7 Å². The lowest BCUT2D eigenvalue weighted by Gasteiger charge is -2.34. The molecule has 2 aliphatic rings. The molecule has 2 heterocycles. The summed E-state index contributed by atoms with van der Waals surface area (Å²) in [7, 11) is 0. The standard InChI is InChI=1S/C20H29N5O2.HI/c1-2-21-19(22-10-13-25-18(26)15-23-20(25)27)24-11-8-17(9-12-24)14-16-6-4-3-5-7-16;/h3-7,17H,2,8-15H2,1H3,(H,21,22)(H,23,27);1H. The van der Waals surface area contributed by atoms with Crippen LogP contribution in [-0.2, 0) is 11.2 Å². The van der Waals surface area contributed by atoms with Crippen LogP contribution in [0.2, 0.25) is 0 Å². The molecule has 2 aliphatic heterocycles. The van der Waals surface area contributed by atoms with Crippen LogP contribution in [0.25, 0.3) is 0 Å². The quantitative estimate of drug-likeness (QED) is 0.272. The Labute approximate surface area is 184 Å². The number of nitrogens with one attached hydrogen (secondary N) is 2. The van der Waals surface area contributed by atoms with Crippen molar-refractivity contribution >= 4 is 41.9 Å². The molecule has 1 aromatic rings. The number of imide groups is 1. The van der Waals surface area contributed by atoms with Gasteiger partial charge in [0.05, 0.1) is 19.6 Å². The molecule has 2 N–H and O–H groups in total. The van der Waals surface area contributed by atoms with Gasteiger partial charge in [0.2, 0.25) is 5.91 Å². The number of nitrogens with zero attached hydrogens (tertiary/aromatic N) is 3. The molecule has 8 heteroatoms. The number of carbonyl (C=O) groups is 2. The smallest absolute Gasteiger partial charge is 0.324 e. The van der Waals surface area contributed by atoms with Gasteiger partial charge >= 0.3 is 6.03 Å². The average molecular weight is 499 g/mol. The maximum Gasteiger partial charge on any atom is 0.324 e. The highest BCUT2D eigenvalue weighted by molar-refractivity contribution is 14.0. The van der Waals surface area contributed by atoms with E-state index in [0.717, 1.165) is 44.9 Å². The Balaban J connectivity index is 0.00000280. The zero-order valence-electron chi connectivity index (χ0n) is 16.4. The van der Waals surface area contributed by atoms with Crippen molar-refractivity contribution < 1.29 is 9.59 Å². The molecule has 28 heavy (non-hydrogen) atoms. The number of benzene rings is 1. The van der Waals surface area contributed by atoms with Gasteiger partial charge in [0.15, 0.2) is 5.96 Å². The van der Waals surface area contributed by atoms with Gasteiger partial charge in [-0.05, 0) is 37.7 Å². The second-order valence-corrected chi connectivity index (χ2v) is 7.06. The number of piperidine rings is 1. The molecule has 3 rings (SSSR count). The SMILES string of the molecule is CCNC(=NCCN1C(=O)CNC1=O)N1CCC(Cc2ccccc2)CC1.I. The van der Waals surface area contributed by atoms with E-state index in [1.807, 2.05) is 0 Å². The second-order valence-electron chi connectivity index (χ2n) is 7.06. The van der Waals surface area contributed by atoms with Crippen LogP contribution < -0.4 is 10.6 Å². The van der Waals surface area contributed by atoms with Gasteiger partial charge in [-0.2, -0.15) is 0 Å². The van der Waals surface area contributed by atoms with Crippen molar-refractivity contribution in [1.82, 2.24) is 20.4 Å². The van der Waals surface area contributed by atoms with Crippen molar-refractivity contribution in [3.8, 4) is 0 Å². The number of carbonyl (C=O) groups excluding carboxylic acids is 2. The molecule has 3 amide bonds. The van der Waals surface area contributed by atoms with Crippen molar-refractivity contribution in [1.29, 1.82) is 0 Å². The summed E-state index contributed by atoms with van der Waals surface area (Å²) in [6, 6.07) is 10.4. The molecule has 0 bridgehead atoms. The third-order valence-electron chi connectivity index (χ3n) is 5.14. The highest BCUT2D eigenvalue weighted by Gasteiger charge is 2.28. The minimum Gasteiger partial charge on any atom is -0.357 e. The molecule has 2 saturated heterocycles. The van der Waals surface area contributed by atoms with Crippen LogP contribution in [0.3, 0.4) is 0 Å². The summed E-state index contributed by atoms with van der Waals surface area (Å²) < 4.78 is 0. The molecule has 1 aromatic carbocycles. The van der Waals surface area contributed by atoms with E-state index in [9.17, 15) is 9.59 Å². The van der Waals surface area contributed by atoms with Gasteiger partial charge in [0, 0.05) is 19.6 Å². The fraction of sp³-hybridized carbons (Fsp3) is 0.550. The zero-order chi connectivity index (χ0) is 19.1. The summed E-state index contributed by atoms with van der Waals surface area (Å²) in [6.45, 7) is 5.65. The summed E-state index contributed by atoms with van der Waals surface area (Å²) in [4.78, 5) is 31.4. The first-order valence-corrected chi connectivity index (χ1v) is 9.82. The fourth-order valence-electron chi connectivity index (χ4n) is 3.66. The van der Waals surface area contributed by atoms with Crippen LogP contribution in [0.1, 0.15) is 25.3 Å². The number of amides is 3. The molecule has 0 saturated carbocycles. The minimum absolute atomic E-state index is 0. The predicted octanol–water partition coefficient (Wildman–Crippen LogP) is 2.08. The van der Waals surface area contributed by atoms with E-state index in [0.29, 0.717) is 19.0 Å². The van der Waals surface area contributed by atoms with Gasteiger partial charge in [0.1, 0.15) is 0 Å². The number of aliphatic imine (C=N–C) groups is 1. The lowest BCUT2D eigenvalue weighted by atomic mass is 9.90. The molecule has 0 aromatic heterocycles. The summed E-state index contributed by atoms with van der Waals surface area (Å²) >= 11 is 0. The first kappa shape index (κ1) is 22.4. The molecule has 2 fully saturated rings. The Hall–Kier alpha value is -1.84. The second kappa shape index (κ2) is 11.2. The van der Waals surface area contributed by atoms with E-state index >= 15 is 0 Å². The monoisotopic (exact) mass is 499 g/mol. The Kier molecular flexibility index (Phi) is 9.01. The van der Waals surface area contributed by atoms with E-state index < -0.39 is 0 Å². The summed E-state index contributed by atoms with van der Waals surface area (Å²) in [6.07, 6.45) is 3.42. The Morgan fingerprint density at radius 2 is 1.93 bits per heavy atom. The topological polar surface area (TPSA) is 77.0 Å². The summed E-state index contributed by atoms with van der Waals surface area (Å²) in [5, 5.41) is 5.87. The first-order chi connectivity index (χ1) is 13.2. The molecule has 7 nitrogen and oxygen atoms in total. The number of hydrogen-bond donors (Lipinski definition) is 2. The van der Waals surface area contributed by atoms with Gasteiger partial charge in [0.25, 0.3) is 0 Å². The summed E-state index contributed by atoms with van der Waals surface area (Å²) in [5.74, 6) is 1.40. The Morgan fingerprint density at radius 3 is 2.54 bits per heavy atom. The fourth-order valence-corrected chi connectivity index (χ4v) is 3.66. The highest BCUT2D eigenvalue weighted by Crippen LogP contribution is 2.21. The number of urea groups is 1. The largest absolute Gasteiger partial charge is 0.357 e. The van der Waals surface area contributed by atoms with Gasteiger partial charge in [-0.15, -0.1) is 24.0 Å². The maximum atomic E-state index is 11.6. The van der Waals surface area contributed by atoms with Gasteiger partial charge < -0.3 is 15.5 Å². The number of hydrogen-bond acceptors (Lipinski definition) is 3.